The van der Waals surface area contributed by atoms with E-state index >= 15 is 0 Å². The number of benzene rings is 1. The highest BCUT2D eigenvalue weighted by Gasteiger charge is 2.19. The van der Waals surface area contributed by atoms with Gasteiger partial charge in [0.2, 0.25) is 11.7 Å². The summed E-state index contributed by atoms with van der Waals surface area (Å²) >= 11 is 0. The summed E-state index contributed by atoms with van der Waals surface area (Å²) in [5.41, 5.74) is 0.696. The van der Waals surface area contributed by atoms with Crippen LogP contribution in [-0.2, 0) is 22.5 Å². The van der Waals surface area contributed by atoms with E-state index in [4.69, 9.17) is 4.74 Å². The molecule has 1 aliphatic rings. The smallest absolute Gasteiger partial charge is 0.262 e. The van der Waals surface area contributed by atoms with Crippen LogP contribution in [0.25, 0.3) is 16.7 Å². The Morgan fingerprint density at radius 3 is 2.75 bits per heavy atom. The van der Waals surface area contributed by atoms with E-state index in [9.17, 15) is 9.59 Å². The summed E-state index contributed by atoms with van der Waals surface area (Å²) in [6.45, 7) is 5.07. The van der Waals surface area contributed by atoms with Gasteiger partial charge in [0, 0.05) is 32.0 Å². The Labute approximate surface area is 188 Å². The molecule has 0 spiro atoms. The number of hydrogen-bond acceptors (Lipinski definition) is 5. The Balaban J connectivity index is 1.57. The minimum atomic E-state index is -0.0772. The molecule has 0 unspecified atom stereocenters. The number of aromatic nitrogens is 4. The van der Waals surface area contributed by atoms with Crippen LogP contribution in [0.4, 0.5) is 0 Å². The number of fused-ring (bicyclic) bond motifs is 3. The lowest BCUT2D eigenvalue weighted by Gasteiger charge is -2.22. The molecule has 32 heavy (non-hydrogen) atoms. The summed E-state index contributed by atoms with van der Waals surface area (Å²) in [4.78, 5) is 25.7. The molecule has 2 aromatic heterocycles. The third-order valence-electron chi connectivity index (χ3n) is 6.10. The van der Waals surface area contributed by atoms with Crippen LogP contribution in [0.1, 0.15) is 64.6 Å². The fraction of sp³-hybridized carbons (Fsp3) is 0.583. The van der Waals surface area contributed by atoms with E-state index in [-0.39, 0.29) is 17.6 Å². The Kier molecular flexibility index (Phi) is 7.19. The maximum absolute atomic E-state index is 13.1. The topological polar surface area (TPSA) is 90.5 Å². The fourth-order valence-corrected chi connectivity index (χ4v) is 4.49. The molecule has 1 fully saturated rings. The van der Waals surface area contributed by atoms with Crippen LogP contribution in [0.15, 0.2) is 29.1 Å². The van der Waals surface area contributed by atoms with E-state index in [0.29, 0.717) is 55.4 Å². The zero-order valence-electron chi connectivity index (χ0n) is 19.0. The molecule has 172 valence electrons. The van der Waals surface area contributed by atoms with Crippen LogP contribution < -0.4 is 10.9 Å². The lowest BCUT2D eigenvalue weighted by molar-refractivity contribution is -0.122. The third-order valence-corrected chi connectivity index (χ3v) is 6.10. The largest absolute Gasteiger partial charge is 0.379 e. The number of rotatable bonds is 9. The highest BCUT2D eigenvalue weighted by atomic mass is 16.5. The number of hydrogen-bond donors (Lipinski definition) is 1. The van der Waals surface area contributed by atoms with Crippen LogP contribution in [0, 0.1) is 0 Å². The van der Waals surface area contributed by atoms with Crippen LogP contribution in [0.3, 0.4) is 0 Å². The number of para-hydroxylation sites is 1. The van der Waals surface area contributed by atoms with E-state index in [1.54, 1.807) is 4.57 Å². The summed E-state index contributed by atoms with van der Waals surface area (Å²) in [6, 6.07) is 7.80. The van der Waals surface area contributed by atoms with E-state index in [2.05, 4.69) is 15.5 Å². The van der Waals surface area contributed by atoms with E-state index in [1.165, 1.54) is 19.3 Å². The molecule has 0 aliphatic heterocycles. The highest BCUT2D eigenvalue weighted by Crippen LogP contribution is 2.18. The zero-order chi connectivity index (χ0) is 22.5. The van der Waals surface area contributed by atoms with Gasteiger partial charge in [0.25, 0.3) is 5.56 Å². The van der Waals surface area contributed by atoms with E-state index < -0.39 is 0 Å². The van der Waals surface area contributed by atoms with Crippen molar-refractivity contribution >= 4 is 22.6 Å². The average molecular weight is 440 g/mol. The Morgan fingerprint density at radius 1 is 1.19 bits per heavy atom. The van der Waals surface area contributed by atoms with Crippen molar-refractivity contribution in [2.45, 2.75) is 83.9 Å². The second-order valence-electron chi connectivity index (χ2n) is 8.90. The molecule has 0 bridgehead atoms. The third kappa shape index (κ3) is 5.01. The monoisotopic (exact) mass is 439 g/mol. The number of nitrogens with zero attached hydrogens (tertiary/aromatic N) is 4. The molecule has 1 saturated carbocycles. The predicted molar refractivity (Wildman–Crippen MR) is 124 cm³/mol. The van der Waals surface area contributed by atoms with Crippen molar-refractivity contribution in [1.82, 2.24) is 24.5 Å². The Morgan fingerprint density at radius 2 is 1.97 bits per heavy atom. The molecule has 3 aromatic rings. The van der Waals surface area contributed by atoms with Crippen molar-refractivity contribution < 1.29 is 9.53 Å². The molecule has 2 heterocycles. The number of carbonyl (C=O) groups excluding carboxylic acids is 1. The van der Waals surface area contributed by atoms with Gasteiger partial charge in [-0.25, -0.2) is 0 Å². The minimum absolute atomic E-state index is 0.0529. The lowest BCUT2D eigenvalue weighted by atomic mass is 9.95. The molecule has 1 aliphatic carbocycles. The number of amides is 1. The first-order valence-corrected chi connectivity index (χ1v) is 11.8. The first-order chi connectivity index (χ1) is 15.5. The quantitative estimate of drug-likeness (QED) is 0.517. The van der Waals surface area contributed by atoms with Gasteiger partial charge in [-0.05, 0) is 45.2 Å². The standard InChI is InChI=1S/C24H33N5O3/c1-17(2)32-16-8-15-28-23(31)19-11-6-7-12-20(19)29-21(26-27-24(28)29)13-14-22(30)25-18-9-4-3-5-10-18/h6-7,11-12,17-18H,3-5,8-10,13-16H2,1-2H3,(H,25,30). The maximum atomic E-state index is 13.1. The molecule has 8 heteroatoms. The van der Waals surface area contributed by atoms with Crippen LogP contribution in [-0.4, -0.2) is 43.8 Å². The Hall–Kier alpha value is -2.74. The molecule has 1 aromatic carbocycles. The second kappa shape index (κ2) is 10.3. The summed E-state index contributed by atoms with van der Waals surface area (Å²) in [5, 5.41) is 12.5. The number of ether oxygens (including phenoxy) is 1. The summed E-state index contributed by atoms with van der Waals surface area (Å²) in [5.74, 6) is 1.26. The van der Waals surface area contributed by atoms with Crippen LogP contribution in [0.5, 0.6) is 0 Å². The number of carbonyl (C=O) groups is 1. The zero-order valence-corrected chi connectivity index (χ0v) is 19.0. The Bertz CT molecular complexity index is 1130. The molecule has 1 N–H and O–H groups in total. The number of aryl methyl sites for hydroxylation is 2. The average Bonchev–Trinajstić information content (AvgIpc) is 3.21. The van der Waals surface area contributed by atoms with Gasteiger partial charge >= 0.3 is 0 Å². The molecular formula is C24H33N5O3. The van der Waals surface area contributed by atoms with Gasteiger partial charge in [-0.1, -0.05) is 31.4 Å². The summed E-state index contributed by atoms with van der Waals surface area (Å²) < 4.78 is 9.23. The molecule has 8 nitrogen and oxygen atoms in total. The van der Waals surface area contributed by atoms with E-state index in [1.807, 2.05) is 42.5 Å². The van der Waals surface area contributed by atoms with Gasteiger partial charge < -0.3 is 10.1 Å². The van der Waals surface area contributed by atoms with Crippen molar-refractivity contribution in [2.75, 3.05) is 6.61 Å². The van der Waals surface area contributed by atoms with Crippen molar-refractivity contribution in [2.24, 2.45) is 0 Å². The van der Waals surface area contributed by atoms with Crippen LogP contribution >= 0.6 is 0 Å². The summed E-state index contributed by atoms with van der Waals surface area (Å²) in [6.07, 6.45) is 7.45. The minimum Gasteiger partial charge on any atom is -0.379 e. The molecular weight excluding hydrogens is 406 g/mol. The fourth-order valence-electron chi connectivity index (χ4n) is 4.49. The van der Waals surface area contributed by atoms with Crippen molar-refractivity contribution in [3.8, 4) is 0 Å². The maximum Gasteiger partial charge on any atom is 0.262 e. The molecule has 0 saturated heterocycles. The SMILES string of the molecule is CC(C)OCCCn1c(=O)c2ccccc2n2c(CCC(=O)NC3CCCCC3)nnc12. The first kappa shape index (κ1) is 22.5. The molecule has 4 rings (SSSR count). The van der Waals surface area contributed by atoms with Crippen LogP contribution in [0.2, 0.25) is 0 Å². The lowest BCUT2D eigenvalue weighted by Crippen LogP contribution is -2.36. The van der Waals surface area contributed by atoms with Gasteiger partial charge in [0.15, 0.2) is 0 Å². The highest BCUT2D eigenvalue weighted by molar-refractivity contribution is 5.80. The number of nitrogens with one attached hydrogen (secondary N) is 1. The predicted octanol–water partition coefficient (Wildman–Crippen LogP) is 3.24. The summed E-state index contributed by atoms with van der Waals surface area (Å²) in [7, 11) is 0. The van der Waals surface area contributed by atoms with Crippen molar-refractivity contribution in [1.29, 1.82) is 0 Å². The normalized spacial score (nSPS) is 15.1. The molecule has 1 amide bonds. The second-order valence-corrected chi connectivity index (χ2v) is 8.90. The van der Waals surface area contributed by atoms with Gasteiger partial charge in [-0.2, -0.15) is 0 Å². The van der Waals surface area contributed by atoms with Gasteiger partial charge in [-0.3, -0.25) is 18.6 Å². The molecule has 0 atom stereocenters. The molecule has 0 radical (unpaired) electrons. The van der Waals surface area contributed by atoms with Gasteiger partial charge in [0.05, 0.1) is 17.0 Å². The van der Waals surface area contributed by atoms with Crippen molar-refractivity contribution in [3.63, 3.8) is 0 Å². The van der Waals surface area contributed by atoms with Crippen molar-refractivity contribution in [3.05, 3.63) is 40.4 Å². The van der Waals surface area contributed by atoms with Gasteiger partial charge in [-0.15, -0.1) is 10.2 Å². The van der Waals surface area contributed by atoms with Gasteiger partial charge in [0.1, 0.15) is 5.82 Å². The van der Waals surface area contributed by atoms with E-state index in [0.717, 1.165) is 18.4 Å². The first-order valence-electron chi connectivity index (χ1n) is 11.8.